The highest BCUT2D eigenvalue weighted by Gasteiger charge is 2.40. The number of nitrogens with two attached hydrogens (primary N) is 1. The van der Waals surface area contributed by atoms with Gasteiger partial charge in [0, 0.05) is 10.2 Å². The molecule has 2 unspecified atom stereocenters. The van der Waals surface area contributed by atoms with Crippen molar-refractivity contribution in [3.8, 4) is 0 Å². The molecule has 0 aromatic heterocycles. The Kier molecular flexibility index (Phi) is 4.59. The molecule has 0 saturated carbocycles. The van der Waals surface area contributed by atoms with Gasteiger partial charge in [-0.1, -0.05) is 28.1 Å². The van der Waals surface area contributed by atoms with Crippen LogP contribution in [0, 0.1) is 12.8 Å². The maximum atomic E-state index is 13.0. The third-order valence-electron chi connectivity index (χ3n) is 3.62. The van der Waals surface area contributed by atoms with Crippen LogP contribution in [0.1, 0.15) is 11.1 Å². The molecule has 2 rings (SSSR count). The van der Waals surface area contributed by atoms with Gasteiger partial charge in [-0.15, -0.1) is 0 Å². The van der Waals surface area contributed by atoms with E-state index in [2.05, 4.69) is 21.2 Å². The molecule has 4 N–H and O–H groups in total. The second kappa shape index (κ2) is 6.01. The number of halogens is 4. The van der Waals surface area contributed by atoms with Crippen LogP contribution < -0.4 is 11.1 Å². The summed E-state index contributed by atoms with van der Waals surface area (Å²) in [5, 5.41) is 12.1. The summed E-state index contributed by atoms with van der Waals surface area (Å²) in [6.07, 6.45) is -0.149. The number of nitrogens with one attached hydrogen (secondary N) is 1. The molecule has 0 fully saturated rings. The molecule has 0 radical (unpaired) electrons. The molecule has 124 valence electrons. The van der Waals surface area contributed by atoms with Crippen LogP contribution in [-0.2, 0) is 11.0 Å². The van der Waals surface area contributed by atoms with Crippen molar-refractivity contribution >= 4 is 27.6 Å². The zero-order chi connectivity index (χ0) is 17.4. The lowest BCUT2D eigenvalue weighted by Gasteiger charge is -2.35. The van der Waals surface area contributed by atoms with Crippen molar-refractivity contribution in [2.45, 2.75) is 18.8 Å². The average Bonchev–Trinajstić information content (AvgIpc) is 2.42. The molecule has 1 aromatic carbocycles. The molecule has 1 aliphatic carbocycles. The Balaban J connectivity index is 2.42. The van der Waals surface area contributed by atoms with Crippen LogP contribution >= 0.6 is 15.9 Å². The number of carboxylic acids is 1. The number of rotatable bonds is 3. The Labute approximate surface area is 139 Å². The first-order chi connectivity index (χ1) is 10.5. The lowest BCUT2D eigenvalue weighted by Crippen LogP contribution is -2.55. The molecule has 8 heteroatoms. The van der Waals surface area contributed by atoms with Gasteiger partial charge in [0.2, 0.25) is 0 Å². The number of hydrogen-bond acceptors (Lipinski definition) is 3. The van der Waals surface area contributed by atoms with Crippen molar-refractivity contribution in [1.82, 2.24) is 0 Å². The van der Waals surface area contributed by atoms with Gasteiger partial charge in [-0.3, -0.25) is 4.79 Å². The molecular weight excluding hydrogens is 377 g/mol. The third kappa shape index (κ3) is 3.59. The Bertz CT molecular complexity index is 700. The molecule has 0 spiro atoms. The monoisotopic (exact) mass is 390 g/mol. The van der Waals surface area contributed by atoms with Gasteiger partial charge >= 0.3 is 12.1 Å². The molecule has 1 aliphatic rings. The largest absolute Gasteiger partial charge is 0.481 e. The van der Waals surface area contributed by atoms with Crippen LogP contribution in [0.15, 0.2) is 40.9 Å². The summed E-state index contributed by atoms with van der Waals surface area (Å²) in [6, 6.07) is 3.64. The van der Waals surface area contributed by atoms with Gasteiger partial charge in [-0.25, -0.2) is 0 Å². The average molecular weight is 391 g/mol. The van der Waals surface area contributed by atoms with E-state index >= 15 is 0 Å². The lowest BCUT2D eigenvalue weighted by molar-refractivity contribution is -0.141. The van der Waals surface area contributed by atoms with Crippen molar-refractivity contribution < 1.29 is 23.1 Å². The van der Waals surface area contributed by atoms with E-state index < -0.39 is 29.3 Å². The zero-order valence-corrected chi connectivity index (χ0v) is 13.6. The third-order valence-corrected chi connectivity index (χ3v) is 4.14. The van der Waals surface area contributed by atoms with E-state index in [9.17, 15) is 23.1 Å². The molecule has 0 saturated heterocycles. The Morgan fingerprint density at radius 2 is 2.09 bits per heavy atom. The normalized spacial score (nSPS) is 24.3. The van der Waals surface area contributed by atoms with Crippen molar-refractivity contribution in [3.63, 3.8) is 0 Å². The first kappa shape index (κ1) is 17.6. The predicted molar refractivity (Wildman–Crippen MR) is 84.0 cm³/mol. The fourth-order valence-electron chi connectivity index (χ4n) is 2.38. The van der Waals surface area contributed by atoms with Crippen molar-refractivity contribution in [2.75, 3.05) is 5.32 Å². The lowest BCUT2D eigenvalue weighted by atomic mass is 9.88. The summed E-state index contributed by atoms with van der Waals surface area (Å²) in [5.41, 5.74) is 3.84. The Morgan fingerprint density at radius 1 is 1.43 bits per heavy atom. The molecule has 2 atom stereocenters. The van der Waals surface area contributed by atoms with Gasteiger partial charge in [-0.05, 0) is 36.8 Å². The summed E-state index contributed by atoms with van der Waals surface area (Å²) < 4.78 is 39.5. The SMILES string of the molecule is Cc1c(NC2(N)C=CC(Br)=CC2C(=O)O)cccc1C(F)(F)F. The zero-order valence-electron chi connectivity index (χ0n) is 12.0. The standard InChI is InChI=1S/C15H14BrF3N2O2/c1-8-10(15(17,18)19)3-2-4-12(8)21-14(20)6-5-9(16)7-11(14)13(22)23/h2-7,11,21H,20H2,1H3,(H,22,23). The van der Waals surface area contributed by atoms with Gasteiger partial charge in [0.15, 0.2) is 0 Å². The van der Waals surface area contributed by atoms with E-state index in [1.165, 1.54) is 31.2 Å². The maximum absolute atomic E-state index is 13.0. The number of benzene rings is 1. The predicted octanol–water partition coefficient (Wildman–Crippen LogP) is 3.63. The molecule has 1 aromatic rings. The topological polar surface area (TPSA) is 75.3 Å². The van der Waals surface area contributed by atoms with E-state index in [-0.39, 0.29) is 11.3 Å². The smallest absolute Gasteiger partial charge is 0.416 e. The molecule has 0 heterocycles. The number of allylic oxidation sites excluding steroid dienone is 2. The second-order valence-electron chi connectivity index (χ2n) is 5.23. The minimum absolute atomic E-state index is 0.0454. The summed E-state index contributed by atoms with van der Waals surface area (Å²) in [4.78, 5) is 11.4. The van der Waals surface area contributed by atoms with Gasteiger partial charge in [-0.2, -0.15) is 13.2 Å². The van der Waals surface area contributed by atoms with Gasteiger partial charge < -0.3 is 16.2 Å². The molecule has 0 amide bonds. The van der Waals surface area contributed by atoms with Crippen LogP contribution in [-0.4, -0.2) is 16.7 Å². The highest BCUT2D eigenvalue weighted by atomic mass is 79.9. The number of alkyl halides is 3. The number of anilines is 1. The molecule has 23 heavy (non-hydrogen) atoms. The number of hydrogen-bond donors (Lipinski definition) is 3. The highest BCUT2D eigenvalue weighted by molar-refractivity contribution is 9.11. The minimum atomic E-state index is -4.50. The van der Waals surface area contributed by atoms with Crippen molar-refractivity contribution in [3.05, 3.63) is 52.0 Å². The van der Waals surface area contributed by atoms with E-state index in [1.54, 1.807) is 6.08 Å². The Morgan fingerprint density at radius 3 is 2.65 bits per heavy atom. The Hall–Kier alpha value is -1.80. The molecule has 0 aliphatic heterocycles. The maximum Gasteiger partial charge on any atom is 0.416 e. The first-order valence-electron chi connectivity index (χ1n) is 6.58. The fourth-order valence-corrected chi connectivity index (χ4v) is 2.78. The second-order valence-corrected chi connectivity index (χ2v) is 6.15. The van der Waals surface area contributed by atoms with Gasteiger partial charge in [0.1, 0.15) is 11.6 Å². The summed E-state index contributed by atoms with van der Waals surface area (Å²) in [7, 11) is 0. The van der Waals surface area contributed by atoms with Crippen LogP contribution in [0.4, 0.5) is 18.9 Å². The van der Waals surface area contributed by atoms with Crippen LogP contribution in [0.25, 0.3) is 0 Å². The summed E-state index contributed by atoms with van der Waals surface area (Å²) >= 11 is 3.17. The van der Waals surface area contributed by atoms with Crippen LogP contribution in [0.5, 0.6) is 0 Å². The van der Waals surface area contributed by atoms with E-state index in [0.29, 0.717) is 4.48 Å². The minimum Gasteiger partial charge on any atom is -0.481 e. The van der Waals surface area contributed by atoms with E-state index in [0.717, 1.165) is 6.07 Å². The van der Waals surface area contributed by atoms with Crippen molar-refractivity contribution in [1.29, 1.82) is 0 Å². The number of carbonyl (C=O) groups is 1. The summed E-state index contributed by atoms with van der Waals surface area (Å²) in [5.74, 6) is -2.33. The molecule has 0 bridgehead atoms. The van der Waals surface area contributed by atoms with Crippen LogP contribution in [0.3, 0.4) is 0 Å². The number of carboxylic acid groups (broad SMARTS) is 1. The fraction of sp³-hybridized carbons (Fsp3) is 0.267. The van der Waals surface area contributed by atoms with Gasteiger partial charge in [0.05, 0.1) is 5.56 Å². The van der Waals surface area contributed by atoms with Gasteiger partial charge in [0.25, 0.3) is 0 Å². The van der Waals surface area contributed by atoms with E-state index in [4.69, 9.17) is 5.73 Å². The number of aliphatic carboxylic acids is 1. The highest BCUT2D eigenvalue weighted by Crippen LogP contribution is 2.36. The van der Waals surface area contributed by atoms with Crippen LogP contribution in [0.2, 0.25) is 0 Å². The molecule has 4 nitrogen and oxygen atoms in total. The van der Waals surface area contributed by atoms with E-state index in [1.807, 2.05) is 0 Å². The quantitative estimate of drug-likeness (QED) is 0.688. The summed E-state index contributed by atoms with van der Waals surface area (Å²) in [6.45, 7) is 1.31. The molecular formula is C15H14BrF3N2O2. The first-order valence-corrected chi connectivity index (χ1v) is 7.37. The van der Waals surface area contributed by atoms with Crippen molar-refractivity contribution in [2.24, 2.45) is 11.7 Å².